The third-order valence-corrected chi connectivity index (χ3v) is 4.09. The largest absolute Gasteiger partial charge is 0.477 e. The van der Waals surface area contributed by atoms with Crippen LogP contribution in [0.3, 0.4) is 0 Å². The van der Waals surface area contributed by atoms with Crippen molar-refractivity contribution < 1.29 is 4.74 Å². The Kier molecular flexibility index (Phi) is 4.16. The van der Waals surface area contributed by atoms with Crippen molar-refractivity contribution in [2.75, 3.05) is 6.61 Å². The average molecular weight is 361 g/mol. The number of benzene rings is 1. The summed E-state index contributed by atoms with van der Waals surface area (Å²) in [6.07, 6.45) is 2.04. The molecule has 22 heavy (non-hydrogen) atoms. The highest BCUT2D eigenvalue weighted by Crippen LogP contribution is 2.31. The van der Waals surface area contributed by atoms with Crippen LogP contribution in [0.1, 0.15) is 25.5 Å². The predicted molar refractivity (Wildman–Crippen MR) is 92.7 cm³/mol. The van der Waals surface area contributed by atoms with Crippen molar-refractivity contribution in [2.24, 2.45) is 0 Å². The molecule has 0 amide bonds. The van der Waals surface area contributed by atoms with E-state index >= 15 is 0 Å². The van der Waals surface area contributed by atoms with Gasteiger partial charge in [-0.2, -0.15) is 0 Å². The average Bonchev–Trinajstić information content (AvgIpc) is 2.46. The number of fused-ring (bicyclic) bond motifs is 3. The molecule has 0 fully saturated rings. The van der Waals surface area contributed by atoms with E-state index in [1.165, 1.54) is 0 Å². The fourth-order valence-electron chi connectivity index (χ4n) is 2.53. The molecule has 0 saturated heterocycles. The van der Waals surface area contributed by atoms with Crippen LogP contribution in [0, 0.1) is 6.92 Å². The molecular weight excluding hydrogens is 344 g/mol. The molecule has 3 aromatic rings. The van der Waals surface area contributed by atoms with E-state index in [2.05, 4.69) is 32.8 Å². The number of aromatic amines is 1. The molecule has 0 bridgehead atoms. The van der Waals surface area contributed by atoms with Gasteiger partial charge in [0.05, 0.1) is 17.5 Å². The molecule has 2 aromatic heterocycles. The van der Waals surface area contributed by atoms with Crippen LogP contribution < -0.4 is 10.3 Å². The van der Waals surface area contributed by atoms with Gasteiger partial charge in [-0.05, 0) is 37.6 Å². The van der Waals surface area contributed by atoms with Gasteiger partial charge in [-0.1, -0.05) is 29.3 Å². The summed E-state index contributed by atoms with van der Waals surface area (Å²) in [4.78, 5) is 19.7. The zero-order valence-corrected chi connectivity index (χ0v) is 14.2. The number of hydrogen-bond acceptors (Lipinski definition) is 3. The van der Waals surface area contributed by atoms with E-state index in [9.17, 15) is 4.79 Å². The monoisotopic (exact) mass is 360 g/mol. The summed E-state index contributed by atoms with van der Waals surface area (Å²) in [7, 11) is 0. The summed E-state index contributed by atoms with van der Waals surface area (Å²) in [5.41, 5.74) is 1.48. The van der Waals surface area contributed by atoms with Gasteiger partial charge in [-0.25, -0.2) is 4.98 Å². The number of halogens is 1. The number of aryl methyl sites for hydroxylation is 1. The van der Waals surface area contributed by atoms with Crippen LogP contribution in [0.15, 0.2) is 33.5 Å². The summed E-state index contributed by atoms with van der Waals surface area (Å²) < 4.78 is 6.80. The number of unbranched alkanes of at least 4 members (excludes halogenated alkanes) is 1. The zero-order valence-electron chi connectivity index (χ0n) is 12.6. The fourth-order valence-corrected chi connectivity index (χ4v) is 2.89. The van der Waals surface area contributed by atoms with Crippen LogP contribution in [0.5, 0.6) is 5.88 Å². The second kappa shape index (κ2) is 6.08. The van der Waals surface area contributed by atoms with Crippen molar-refractivity contribution in [3.8, 4) is 5.88 Å². The Morgan fingerprint density at radius 2 is 2.09 bits per heavy atom. The standard InChI is InChI=1S/C17H17BrN2O2/c1-3-4-7-22-17-15-13-9-11(18)5-6-12(13)16(21)20-14(15)8-10(2)19-17/h5-6,8-9H,3-4,7H2,1-2H3,(H,20,21). The van der Waals surface area contributed by atoms with Gasteiger partial charge in [-0.3, -0.25) is 4.79 Å². The maximum absolute atomic E-state index is 12.3. The maximum Gasteiger partial charge on any atom is 0.256 e. The van der Waals surface area contributed by atoms with Crippen LogP contribution in [0.25, 0.3) is 21.7 Å². The minimum atomic E-state index is -0.0971. The molecule has 0 unspecified atom stereocenters. The molecule has 0 atom stereocenters. The van der Waals surface area contributed by atoms with Crippen LogP contribution in [0.4, 0.5) is 0 Å². The Bertz CT molecular complexity index is 902. The number of hydrogen-bond donors (Lipinski definition) is 1. The molecular formula is C17H17BrN2O2. The highest BCUT2D eigenvalue weighted by molar-refractivity contribution is 9.10. The smallest absolute Gasteiger partial charge is 0.256 e. The topological polar surface area (TPSA) is 55.0 Å². The Hall–Kier alpha value is -1.88. The normalized spacial score (nSPS) is 11.2. The maximum atomic E-state index is 12.3. The number of rotatable bonds is 4. The second-order valence-corrected chi connectivity index (χ2v) is 6.25. The molecule has 4 nitrogen and oxygen atoms in total. The molecule has 0 saturated carbocycles. The first kappa shape index (κ1) is 15.0. The number of ether oxygens (including phenoxy) is 1. The van der Waals surface area contributed by atoms with E-state index < -0.39 is 0 Å². The lowest BCUT2D eigenvalue weighted by Crippen LogP contribution is -2.08. The van der Waals surface area contributed by atoms with E-state index in [1.54, 1.807) is 0 Å². The number of nitrogens with one attached hydrogen (secondary N) is 1. The van der Waals surface area contributed by atoms with Crippen LogP contribution >= 0.6 is 15.9 Å². The molecule has 3 rings (SSSR count). The summed E-state index contributed by atoms with van der Waals surface area (Å²) in [5.74, 6) is 0.586. The first-order valence-corrected chi connectivity index (χ1v) is 8.15. The van der Waals surface area contributed by atoms with Gasteiger partial charge in [0.25, 0.3) is 5.56 Å². The Morgan fingerprint density at radius 3 is 2.86 bits per heavy atom. The molecule has 114 valence electrons. The lowest BCUT2D eigenvalue weighted by atomic mass is 10.1. The fraction of sp³-hybridized carbons (Fsp3) is 0.294. The van der Waals surface area contributed by atoms with Crippen molar-refractivity contribution in [3.05, 3.63) is 44.8 Å². The van der Waals surface area contributed by atoms with Crippen LogP contribution in [-0.2, 0) is 0 Å². The van der Waals surface area contributed by atoms with Gasteiger partial charge in [0, 0.05) is 20.9 Å². The van der Waals surface area contributed by atoms with E-state index in [1.807, 2.05) is 31.2 Å². The number of H-pyrrole nitrogens is 1. The lowest BCUT2D eigenvalue weighted by Gasteiger charge is -2.11. The highest BCUT2D eigenvalue weighted by Gasteiger charge is 2.13. The first-order chi connectivity index (χ1) is 10.6. The van der Waals surface area contributed by atoms with Gasteiger partial charge in [0.1, 0.15) is 0 Å². The number of aromatic nitrogens is 2. The van der Waals surface area contributed by atoms with E-state index in [4.69, 9.17) is 4.74 Å². The molecule has 0 spiro atoms. The molecule has 1 N–H and O–H groups in total. The highest BCUT2D eigenvalue weighted by atomic mass is 79.9. The van der Waals surface area contributed by atoms with E-state index in [0.717, 1.165) is 39.3 Å². The van der Waals surface area contributed by atoms with Gasteiger partial charge in [0.15, 0.2) is 0 Å². The molecule has 1 aromatic carbocycles. The minimum Gasteiger partial charge on any atom is -0.477 e. The van der Waals surface area contributed by atoms with Crippen molar-refractivity contribution >= 4 is 37.6 Å². The summed E-state index contributed by atoms with van der Waals surface area (Å²) in [6.45, 7) is 4.64. The summed E-state index contributed by atoms with van der Waals surface area (Å²) >= 11 is 3.47. The zero-order chi connectivity index (χ0) is 15.7. The number of pyridine rings is 2. The summed E-state index contributed by atoms with van der Waals surface area (Å²) in [5, 5.41) is 2.35. The Labute approximate surface area is 136 Å². The quantitative estimate of drug-likeness (QED) is 0.556. The predicted octanol–water partition coefficient (Wildman–Crippen LogP) is 4.33. The Balaban J connectivity index is 2.33. The van der Waals surface area contributed by atoms with Crippen LogP contribution in [-0.4, -0.2) is 16.6 Å². The van der Waals surface area contributed by atoms with Gasteiger partial charge < -0.3 is 9.72 Å². The number of nitrogens with zero attached hydrogens (tertiary/aromatic N) is 1. The van der Waals surface area contributed by atoms with Crippen LogP contribution in [0.2, 0.25) is 0 Å². The van der Waals surface area contributed by atoms with Crippen molar-refractivity contribution in [1.82, 2.24) is 9.97 Å². The molecule has 2 heterocycles. The molecule has 0 aliphatic heterocycles. The van der Waals surface area contributed by atoms with Crippen molar-refractivity contribution in [1.29, 1.82) is 0 Å². The lowest BCUT2D eigenvalue weighted by molar-refractivity contribution is 0.301. The third-order valence-electron chi connectivity index (χ3n) is 3.59. The second-order valence-electron chi connectivity index (χ2n) is 5.34. The molecule has 0 aliphatic rings. The van der Waals surface area contributed by atoms with Gasteiger partial charge >= 0.3 is 0 Å². The SMILES string of the molecule is CCCCOc1nc(C)cc2[nH]c(=O)c3ccc(Br)cc3c12. The third kappa shape index (κ3) is 2.73. The van der Waals surface area contributed by atoms with Crippen molar-refractivity contribution in [2.45, 2.75) is 26.7 Å². The first-order valence-electron chi connectivity index (χ1n) is 7.36. The Morgan fingerprint density at radius 1 is 1.27 bits per heavy atom. The van der Waals surface area contributed by atoms with Crippen molar-refractivity contribution in [3.63, 3.8) is 0 Å². The molecule has 5 heteroatoms. The molecule has 0 aliphatic carbocycles. The van der Waals surface area contributed by atoms with Gasteiger partial charge in [0.2, 0.25) is 5.88 Å². The molecule has 0 radical (unpaired) electrons. The summed E-state index contributed by atoms with van der Waals surface area (Å²) in [6, 6.07) is 7.50. The van der Waals surface area contributed by atoms with Gasteiger partial charge in [-0.15, -0.1) is 0 Å². The van der Waals surface area contributed by atoms with E-state index in [0.29, 0.717) is 17.9 Å². The minimum absolute atomic E-state index is 0.0971. The van der Waals surface area contributed by atoms with E-state index in [-0.39, 0.29) is 5.56 Å².